The van der Waals surface area contributed by atoms with E-state index in [1.807, 2.05) is 0 Å². The Morgan fingerprint density at radius 2 is 1.95 bits per heavy atom. The first kappa shape index (κ1) is 13.6. The van der Waals surface area contributed by atoms with E-state index in [0.717, 1.165) is 6.07 Å². The van der Waals surface area contributed by atoms with Crippen molar-refractivity contribution >= 4 is 15.9 Å². The van der Waals surface area contributed by atoms with Crippen LogP contribution < -0.4 is 9.47 Å². The lowest BCUT2D eigenvalue weighted by Gasteiger charge is -2.11. The zero-order chi connectivity index (χ0) is 13.9. The Morgan fingerprint density at radius 3 is 2.53 bits per heavy atom. The largest absolute Gasteiger partial charge is 0.573 e. The van der Waals surface area contributed by atoms with Gasteiger partial charge in [0.1, 0.15) is 17.8 Å². The highest BCUT2D eigenvalue weighted by Crippen LogP contribution is 2.34. The summed E-state index contributed by atoms with van der Waals surface area (Å²) in [7, 11) is 0. The van der Waals surface area contributed by atoms with Gasteiger partial charge in [0.05, 0.1) is 4.47 Å². The highest BCUT2D eigenvalue weighted by Gasteiger charge is 2.32. The third-order valence-electron chi connectivity index (χ3n) is 1.91. The van der Waals surface area contributed by atoms with Crippen LogP contribution >= 0.6 is 15.9 Å². The van der Waals surface area contributed by atoms with E-state index in [9.17, 15) is 13.2 Å². The molecule has 0 saturated carbocycles. The summed E-state index contributed by atoms with van der Waals surface area (Å²) < 4.78 is 45.5. The molecule has 0 saturated heterocycles. The first-order valence-corrected chi connectivity index (χ1v) is 5.72. The minimum absolute atomic E-state index is 0.122. The zero-order valence-corrected chi connectivity index (χ0v) is 10.8. The monoisotopic (exact) mass is 334 g/mol. The van der Waals surface area contributed by atoms with E-state index in [-0.39, 0.29) is 16.1 Å². The molecule has 0 unspecified atom stereocenters. The maximum Gasteiger partial charge on any atom is 0.573 e. The number of hydrogen-bond donors (Lipinski definition) is 0. The first-order chi connectivity index (χ1) is 8.94. The maximum atomic E-state index is 12.1. The summed E-state index contributed by atoms with van der Waals surface area (Å²) in [5, 5.41) is 0. The fourth-order valence-electron chi connectivity index (χ4n) is 1.21. The molecule has 0 fully saturated rings. The molecule has 0 N–H and O–H groups in total. The molecule has 0 aliphatic heterocycles. The smallest absolute Gasteiger partial charge is 0.439 e. The quantitative estimate of drug-likeness (QED) is 0.853. The minimum atomic E-state index is -4.74. The Kier molecular flexibility index (Phi) is 3.89. The minimum Gasteiger partial charge on any atom is -0.439 e. The van der Waals surface area contributed by atoms with Crippen molar-refractivity contribution in [2.24, 2.45) is 0 Å². The molecule has 0 amide bonds. The molecule has 1 aromatic heterocycles. The molecule has 0 spiro atoms. The van der Waals surface area contributed by atoms with E-state index < -0.39 is 6.36 Å². The molecule has 0 aliphatic carbocycles. The zero-order valence-electron chi connectivity index (χ0n) is 9.19. The number of hydrogen-bond acceptors (Lipinski definition) is 4. The van der Waals surface area contributed by atoms with Crippen LogP contribution in [0.4, 0.5) is 13.2 Å². The number of rotatable bonds is 3. The molecule has 8 heteroatoms. The van der Waals surface area contributed by atoms with Crippen LogP contribution in [0.25, 0.3) is 0 Å². The van der Waals surface area contributed by atoms with Crippen LogP contribution in [0, 0.1) is 0 Å². The molecular formula is C11H6BrF3N2O2. The molecule has 0 bridgehead atoms. The Labute approximate surface area is 114 Å². The van der Waals surface area contributed by atoms with Crippen LogP contribution in [0.15, 0.2) is 41.3 Å². The van der Waals surface area contributed by atoms with E-state index in [1.54, 1.807) is 0 Å². The molecular weight excluding hydrogens is 329 g/mol. The summed E-state index contributed by atoms with van der Waals surface area (Å²) >= 11 is 2.98. The second kappa shape index (κ2) is 5.43. The average molecular weight is 335 g/mol. The summed E-state index contributed by atoms with van der Waals surface area (Å²) in [6.45, 7) is 0. The Morgan fingerprint density at radius 1 is 1.16 bits per heavy atom. The molecule has 19 heavy (non-hydrogen) atoms. The molecule has 0 atom stereocenters. The lowest BCUT2D eigenvalue weighted by Crippen LogP contribution is -2.17. The Balaban J connectivity index is 2.15. The topological polar surface area (TPSA) is 44.2 Å². The van der Waals surface area contributed by atoms with E-state index in [0.29, 0.717) is 5.75 Å². The van der Waals surface area contributed by atoms with Crippen molar-refractivity contribution in [1.29, 1.82) is 0 Å². The number of alkyl halides is 3. The van der Waals surface area contributed by atoms with Crippen LogP contribution in [0.3, 0.4) is 0 Å². The van der Waals surface area contributed by atoms with Crippen LogP contribution in [-0.2, 0) is 0 Å². The van der Waals surface area contributed by atoms with Crippen molar-refractivity contribution in [2.45, 2.75) is 6.36 Å². The normalized spacial score (nSPS) is 11.2. The molecule has 100 valence electrons. The van der Waals surface area contributed by atoms with Gasteiger partial charge in [-0.05, 0) is 34.1 Å². The van der Waals surface area contributed by atoms with Gasteiger partial charge in [0.2, 0.25) is 5.88 Å². The number of benzene rings is 1. The predicted octanol–water partition coefficient (Wildman–Crippen LogP) is 3.93. The lowest BCUT2D eigenvalue weighted by molar-refractivity contribution is -0.274. The summed E-state index contributed by atoms with van der Waals surface area (Å²) in [6, 6.07) is 5.36. The molecule has 4 nitrogen and oxygen atoms in total. The average Bonchev–Trinajstić information content (AvgIpc) is 2.33. The fraction of sp³-hybridized carbons (Fsp3) is 0.0909. The molecule has 1 aromatic carbocycles. The lowest BCUT2D eigenvalue weighted by atomic mass is 10.3. The highest BCUT2D eigenvalue weighted by atomic mass is 79.9. The van der Waals surface area contributed by atoms with Gasteiger partial charge in [-0.2, -0.15) is 0 Å². The van der Waals surface area contributed by atoms with Crippen molar-refractivity contribution in [1.82, 2.24) is 9.97 Å². The second-order valence-electron chi connectivity index (χ2n) is 3.29. The van der Waals surface area contributed by atoms with E-state index in [2.05, 4.69) is 30.6 Å². The number of nitrogens with zero attached hydrogens (tertiary/aromatic N) is 2. The van der Waals surface area contributed by atoms with Crippen LogP contribution in [0.5, 0.6) is 17.4 Å². The van der Waals surface area contributed by atoms with Crippen molar-refractivity contribution in [3.8, 4) is 17.4 Å². The number of aromatic nitrogens is 2. The van der Waals surface area contributed by atoms with Gasteiger partial charge in [0.25, 0.3) is 0 Å². The number of halogens is 4. The second-order valence-corrected chi connectivity index (χ2v) is 4.14. The first-order valence-electron chi connectivity index (χ1n) is 4.93. The van der Waals surface area contributed by atoms with Crippen molar-refractivity contribution < 1.29 is 22.6 Å². The summed E-state index contributed by atoms with van der Waals surface area (Å²) in [5.41, 5.74) is 0. The summed E-state index contributed by atoms with van der Waals surface area (Å²) in [6.07, 6.45) is -1.96. The molecule has 2 rings (SSSR count). The standard InChI is InChI=1S/C11H6BrF3N2O2/c12-8-5-7(18-10-3-4-16-6-17-10)1-2-9(8)19-11(13,14)15/h1-6H. The Hall–Kier alpha value is -1.83. The van der Waals surface area contributed by atoms with E-state index in [4.69, 9.17) is 4.74 Å². The van der Waals surface area contributed by atoms with Crippen molar-refractivity contribution in [2.75, 3.05) is 0 Å². The van der Waals surface area contributed by atoms with Crippen LogP contribution in [-0.4, -0.2) is 16.3 Å². The van der Waals surface area contributed by atoms with Crippen molar-refractivity contribution in [3.05, 3.63) is 41.3 Å². The molecule has 0 radical (unpaired) electrons. The van der Waals surface area contributed by atoms with E-state index in [1.165, 1.54) is 30.7 Å². The van der Waals surface area contributed by atoms with Gasteiger partial charge in [-0.25, -0.2) is 9.97 Å². The third-order valence-corrected chi connectivity index (χ3v) is 2.53. The van der Waals surface area contributed by atoms with Gasteiger partial charge < -0.3 is 9.47 Å². The van der Waals surface area contributed by atoms with Crippen molar-refractivity contribution in [3.63, 3.8) is 0 Å². The van der Waals surface area contributed by atoms with Crippen LogP contribution in [0.2, 0.25) is 0 Å². The maximum absolute atomic E-state index is 12.1. The fourth-order valence-corrected chi connectivity index (χ4v) is 1.65. The van der Waals surface area contributed by atoms with Crippen LogP contribution in [0.1, 0.15) is 0 Å². The van der Waals surface area contributed by atoms with Gasteiger partial charge >= 0.3 is 6.36 Å². The highest BCUT2D eigenvalue weighted by molar-refractivity contribution is 9.10. The molecule has 0 aliphatic rings. The number of ether oxygens (including phenoxy) is 2. The summed E-state index contributed by atoms with van der Waals surface area (Å²) in [5.74, 6) is 0.258. The van der Waals surface area contributed by atoms with Gasteiger partial charge in [-0.1, -0.05) is 0 Å². The van der Waals surface area contributed by atoms with Gasteiger partial charge in [0, 0.05) is 12.3 Å². The molecule has 2 aromatic rings. The SMILES string of the molecule is FC(F)(F)Oc1ccc(Oc2ccncn2)cc1Br. The van der Waals surface area contributed by atoms with E-state index >= 15 is 0 Å². The van der Waals surface area contributed by atoms with Gasteiger partial charge in [-0.15, -0.1) is 13.2 Å². The summed E-state index contributed by atoms with van der Waals surface area (Å²) in [4.78, 5) is 7.54. The van der Waals surface area contributed by atoms with Gasteiger partial charge in [-0.3, -0.25) is 0 Å². The Bertz CT molecular complexity index is 564. The predicted molar refractivity (Wildman–Crippen MR) is 62.9 cm³/mol. The van der Waals surface area contributed by atoms with Gasteiger partial charge in [0.15, 0.2) is 0 Å². The molecule has 1 heterocycles. The third kappa shape index (κ3) is 4.09.